The number of likely N-dealkylation sites (tertiary alicyclic amines) is 1. The first-order valence-corrected chi connectivity index (χ1v) is 9.27. The zero-order chi connectivity index (χ0) is 18.7. The molecule has 7 heteroatoms. The molecule has 2 saturated heterocycles. The molecule has 2 heterocycles. The molecule has 146 valence electrons. The molecule has 26 heavy (non-hydrogen) atoms. The lowest BCUT2D eigenvalue weighted by Gasteiger charge is -2.41. The largest absolute Gasteiger partial charge is 0.416 e. The summed E-state index contributed by atoms with van der Waals surface area (Å²) in [5.74, 6) is 0.463. The fourth-order valence-electron chi connectivity index (χ4n) is 4.05. The molecule has 2 aliphatic rings. The van der Waals surface area contributed by atoms with Gasteiger partial charge in [-0.25, -0.2) is 4.39 Å². The van der Waals surface area contributed by atoms with E-state index in [4.69, 9.17) is 0 Å². The summed E-state index contributed by atoms with van der Waals surface area (Å²) in [7, 11) is 0. The smallest absolute Gasteiger partial charge is 0.393 e. The highest BCUT2D eigenvalue weighted by atomic mass is 19.4. The minimum absolute atomic E-state index is 0.188. The van der Waals surface area contributed by atoms with Gasteiger partial charge in [-0.2, -0.15) is 13.2 Å². The average Bonchev–Trinajstić information content (AvgIpc) is 2.63. The Hall–Kier alpha value is -1.34. The molecule has 3 nitrogen and oxygen atoms in total. The Morgan fingerprint density at radius 3 is 2.23 bits per heavy atom. The van der Waals surface area contributed by atoms with E-state index in [2.05, 4.69) is 9.80 Å². The number of anilines is 1. The van der Waals surface area contributed by atoms with Gasteiger partial charge in [-0.1, -0.05) is 0 Å². The van der Waals surface area contributed by atoms with Crippen molar-refractivity contribution in [1.29, 1.82) is 0 Å². The van der Waals surface area contributed by atoms with Crippen molar-refractivity contribution >= 4 is 5.69 Å². The summed E-state index contributed by atoms with van der Waals surface area (Å²) >= 11 is 0. The van der Waals surface area contributed by atoms with E-state index in [1.54, 1.807) is 0 Å². The van der Waals surface area contributed by atoms with Gasteiger partial charge in [0.15, 0.2) is 0 Å². The number of benzene rings is 1. The van der Waals surface area contributed by atoms with Crippen molar-refractivity contribution in [3.05, 3.63) is 29.8 Å². The fourth-order valence-corrected chi connectivity index (χ4v) is 4.05. The summed E-state index contributed by atoms with van der Waals surface area (Å²) in [5, 5.41) is 9.69. The molecule has 0 amide bonds. The fraction of sp³-hybridized carbons (Fsp3) is 0.684. The molecule has 0 radical (unpaired) electrons. The van der Waals surface area contributed by atoms with E-state index in [1.165, 1.54) is 12.1 Å². The second kappa shape index (κ2) is 8.13. The van der Waals surface area contributed by atoms with Gasteiger partial charge in [0.25, 0.3) is 0 Å². The molecule has 1 N–H and O–H groups in total. The number of nitrogens with zero attached hydrogens (tertiary/aromatic N) is 2. The van der Waals surface area contributed by atoms with Crippen LogP contribution in [0.1, 0.15) is 31.2 Å². The van der Waals surface area contributed by atoms with E-state index in [0.717, 1.165) is 56.8 Å². The van der Waals surface area contributed by atoms with Crippen LogP contribution >= 0.6 is 0 Å². The number of aliphatic hydroxyl groups excluding tert-OH is 1. The monoisotopic (exact) mass is 374 g/mol. The summed E-state index contributed by atoms with van der Waals surface area (Å²) in [6.07, 6.45) is -1.62. The zero-order valence-electron chi connectivity index (χ0n) is 14.8. The van der Waals surface area contributed by atoms with Crippen molar-refractivity contribution in [1.82, 2.24) is 4.90 Å². The van der Waals surface area contributed by atoms with Crippen LogP contribution in [0, 0.1) is 5.92 Å². The Kier molecular flexibility index (Phi) is 6.07. The van der Waals surface area contributed by atoms with Crippen LogP contribution in [0.2, 0.25) is 0 Å². The molecule has 0 bridgehead atoms. The second-order valence-electron chi connectivity index (χ2n) is 7.46. The lowest BCUT2D eigenvalue weighted by molar-refractivity contribution is -0.137. The van der Waals surface area contributed by atoms with Crippen molar-refractivity contribution in [3.63, 3.8) is 0 Å². The Morgan fingerprint density at radius 2 is 1.65 bits per heavy atom. The minimum Gasteiger partial charge on any atom is -0.393 e. The highest BCUT2D eigenvalue weighted by Crippen LogP contribution is 2.32. The minimum atomic E-state index is -4.31. The number of aliphatic hydroxyl groups is 1. The molecule has 2 atom stereocenters. The third-order valence-electron chi connectivity index (χ3n) is 5.66. The zero-order valence-corrected chi connectivity index (χ0v) is 14.8. The van der Waals surface area contributed by atoms with Crippen molar-refractivity contribution in [2.24, 2.45) is 5.92 Å². The maximum Gasteiger partial charge on any atom is 0.416 e. The first-order valence-electron chi connectivity index (χ1n) is 9.27. The van der Waals surface area contributed by atoms with E-state index in [-0.39, 0.29) is 6.04 Å². The van der Waals surface area contributed by atoms with Crippen LogP contribution < -0.4 is 4.90 Å². The van der Waals surface area contributed by atoms with Gasteiger partial charge in [0.2, 0.25) is 0 Å². The van der Waals surface area contributed by atoms with Gasteiger partial charge in [0, 0.05) is 37.9 Å². The van der Waals surface area contributed by atoms with Gasteiger partial charge >= 0.3 is 6.18 Å². The van der Waals surface area contributed by atoms with E-state index in [1.807, 2.05) is 0 Å². The third kappa shape index (κ3) is 4.68. The highest BCUT2D eigenvalue weighted by Gasteiger charge is 2.32. The van der Waals surface area contributed by atoms with Crippen LogP contribution in [0.25, 0.3) is 0 Å². The summed E-state index contributed by atoms with van der Waals surface area (Å²) in [5.41, 5.74) is 0.194. The third-order valence-corrected chi connectivity index (χ3v) is 5.66. The average molecular weight is 374 g/mol. The van der Waals surface area contributed by atoms with Crippen LogP contribution in [-0.4, -0.2) is 55.0 Å². The number of halogens is 4. The predicted molar refractivity (Wildman–Crippen MR) is 93.0 cm³/mol. The lowest BCUT2D eigenvalue weighted by atomic mass is 9.92. The SMILES string of the molecule is OC1CCN(CC2CCN(c3ccc(C(F)(F)F)cc3)CC2)C(CF)C1. The Balaban J connectivity index is 1.51. The molecule has 0 aliphatic carbocycles. The highest BCUT2D eigenvalue weighted by molar-refractivity contribution is 5.48. The van der Waals surface area contributed by atoms with Crippen LogP contribution in [0.5, 0.6) is 0 Å². The van der Waals surface area contributed by atoms with Gasteiger partial charge in [0.05, 0.1) is 11.7 Å². The molecule has 0 saturated carbocycles. The molecule has 0 spiro atoms. The van der Waals surface area contributed by atoms with E-state index in [9.17, 15) is 22.7 Å². The second-order valence-corrected chi connectivity index (χ2v) is 7.46. The van der Waals surface area contributed by atoms with E-state index < -0.39 is 24.5 Å². The quantitative estimate of drug-likeness (QED) is 0.814. The topological polar surface area (TPSA) is 26.7 Å². The van der Waals surface area contributed by atoms with E-state index >= 15 is 0 Å². The molecule has 3 rings (SSSR count). The van der Waals surface area contributed by atoms with Crippen LogP contribution in [0.3, 0.4) is 0 Å². The first-order chi connectivity index (χ1) is 12.4. The van der Waals surface area contributed by atoms with Gasteiger partial charge < -0.3 is 10.0 Å². The van der Waals surface area contributed by atoms with Crippen molar-refractivity contribution in [2.45, 2.75) is 44.0 Å². The van der Waals surface area contributed by atoms with Gasteiger partial charge in [-0.05, 0) is 55.9 Å². The van der Waals surface area contributed by atoms with Crippen LogP contribution in [-0.2, 0) is 6.18 Å². The first kappa shape index (κ1) is 19.4. The molecule has 1 aromatic rings. The molecule has 1 aromatic carbocycles. The van der Waals surface area contributed by atoms with Crippen molar-refractivity contribution < 1.29 is 22.7 Å². The van der Waals surface area contributed by atoms with Gasteiger partial charge in [-0.15, -0.1) is 0 Å². The predicted octanol–water partition coefficient (Wildman–Crippen LogP) is 3.72. The molecule has 2 unspecified atom stereocenters. The molecular weight excluding hydrogens is 348 g/mol. The van der Waals surface area contributed by atoms with E-state index in [0.29, 0.717) is 18.8 Å². The van der Waals surface area contributed by atoms with Crippen LogP contribution in [0.15, 0.2) is 24.3 Å². The molecule has 2 aliphatic heterocycles. The summed E-state index contributed by atoms with van der Waals surface area (Å²) in [6, 6.07) is 5.15. The number of alkyl halides is 4. The summed E-state index contributed by atoms with van der Waals surface area (Å²) in [6.45, 7) is 2.73. The number of hydrogen-bond donors (Lipinski definition) is 1. The standard InChI is InChI=1S/C19H26F4N2O/c20-12-17-11-18(26)7-10-25(17)13-14-5-8-24(9-6-14)16-3-1-15(2-4-16)19(21,22)23/h1-4,14,17-18,26H,5-13H2. The van der Waals surface area contributed by atoms with Crippen molar-refractivity contribution in [2.75, 3.05) is 37.8 Å². The van der Waals surface area contributed by atoms with Crippen molar-refractivity contribution in [3.8, 4) is 0 Å². The Labute approximate surface area is 151 Å². The summed E-state index contributed by atoms with van der Waals surface area (Å²) < 4.78 is 51.2. The van der Waals surface area contributed by atoms with Gasteiger partial charge in [-0.3, -0.25) is 4.90 Å². The Bertz CT molecular complexity index is 570. The normalized spacial score (nSPS) is 26.3. The maximum absolute atomic E-state index is 13.2. The number of piperidine rings is 2. The number of rotatable bonds is 4. The molecule has 0 aromatic heterocycles. The molecular formula is C19H26F4N2O. The molecule has 2 fully saturated rings. The van der Waals surface area contributed by atoms with Crippen LogP contribution in [0.4, 0.5) is 23.2 Å². The maximum atomic E-state index is 13.2. The summed E-state index contributed by atoms with van der Waals surface area (Å²) in [4.78, 5) is 4.27. The Morgan fingerprint density at radius 1 is 1.00 bits per heavy atom. The van der Waals surface area contributed by atoms with Gasteiger partial charge in [0.1, 0.15) is 6.67 Å². The number of hydrogen-bond acceptors (Lipinski definition) is 3. The lowest BCUT2D eigenvalue weighted by Crippen LogP contribution is -2.48.